The number of fused-ring (bicyclic) bond motifs is 1. The van der Waals surface area contributed by atoms with Crippen molar-refractivity contribution in [2.75, 3.05) is 18.9 Å². The molecule has 0 bridgehead atoms. The second-order valence-electron chi connectivity index (χ2n) is 5.70. The van der Waals surface area contributed by atoms with Gasteiger partial charge in [-0.2, -0.15) is 0 Å². The summed E-state index contributed by atoms with van der Waals surface area (Å²) in [5.41, 5.74) is 0.631. The van der Waals surface area contributed by atoms with Gasteiger partial charge >= 0.3 is 0 Å². The van der Waals surface area contributed by atoms with E-state index in [9.17, 15) is 24.0 Å². The first-order valence-corrected chi connectivity index (χ1v) is 8.73. The van der Waals surface area contributed by atoms with E-state index in [1.165, 1.54) is 13.1 Å². The zero-order chi connectivity index (χ0) is 20.1. The predicted octanol–water partition coefficient (Wildman–Crippen LogP) is 0.272. The molecule has 1 aromatic carbocycles. The Balaban J connectivity index is 0.00000126. The zero-order valence-corrected chi connectivity index (χ0v) is 15.4. The molecule has 0 aliphatic carbocycles. The van der Waals surface area contributed by atoms with Gasteiger partial charge in [-0.1, -0.05) is 19.9 Å². The highest BCUT2D eigenvalue weighted by Gasteiger charge is 2.45. The van der Waals surface area contributed by atoms with E-state index in [2.05, 4.69) is 16.0 Å². The number of benzene rings is 1. The van der Waals surface area contributed by atoms with Gasteiger partial charge in [-0.05, 0) is 18.6 Å². The minimum atomic E-state index is -1.02. The fourth-order valence-electron chi connectivity index (χ4n) is 2.93. The van der Waals surface area contributed by atoms with Crippen LogP contribution in [0.2, 0.25) is 0 Å². The number of nitrogens with zero attached hydrogens (tertiary/aromatic N) is 1. The smallest absolute Gasteiger partial charge is 0.264 e. The summed E-state index contributed by atoms with van der Waals surface area (Å²) in [5, 5.41) is 7.41. The Morgan fingerprint density at radius 2 is 1.89 bits per heavy atom. The lowest BCUT2D eigenvalue weighted by molar-refractivity contribution is -0.136. The molecule has 1 unspecified atom stereocenters. The molecule has 3 N–H and O–H groups in total. The van der Waals surface area contributed by atoms with Crippen molar-refractivity contribution in [1.29, 1.82) is 0 Å². The van der Waals surface area contributed by atoms with Gasteiger partial charge in [-0.3, -0.25) is 34.2 Å². The van der Waals surface area contributed by atoms with Gasteiger partial charge in [0.25, 0.3) is 11.8 Å². The lowest BCUT2D eigenvalue weighted by Gasteiger charge is -2.27. The summed E-state index contributed by atoms with van der Waals surface area (Å²) in [6.45, 7) is 3.94. The minimum Gasteiger partial charge on any atom is -0.375 e. The zero-order valence-electron chi connectivity index (χ0n) is 15.4. The Morgan fingerprint density at radius 3 is 2.52 bits per heavy atom. The van der Waals surface area contributed by atoms with E-state index in [0.29, 0.717) is 5.69 Å². The molecule has 2 heterocycles. The summed E-state index contributed by atoms with van der Waals surface area (Å²) in [6, 6.07) is 3.65. The summed E-state index contributed by atoms with van der Waals surface area (Å²) >= 11 is 0. The van der Waals surface area contributed by atoms with Crippen LogP contribution < -0.4 is 16.0 Å². The van der Waals surface area contributed by atoms with Gasteiger partial charge in [0.05, 0.1) is 17.7 Å². The maximum absolute atomic E-state index is 12.8. The van der Waals surface area contributed by atoms with Crippen molar-refractivity contribution in [3.63, 3.8) is 0 Å². The normalized spacial score (nSPS) is 18.3. The monoisotopic (exact) mass is 374 g/mol. The number of hydrogen-bond donors (Lipinski definition) is 3. The molecule has 0 spiro atoms. The molecule has 3 rings (SSSR count). The Morgan fingerprint density at radius 1 is 1.19 bits per heavy atom. The average Bonchev–Trinajstić information content (AvgIpc) is 2.93. The molecule has 1 fully saturated rings. The Kier molecular flexibility index (Phi) is 6.27. The number of rotatable bonds is 4. The first kappa shape index (κ1) is 20.1. The third kappa shape index (κ3) is 3.81. The van der Waals surface area contributed by atoms with Crippen molar-refractivity contribution in [3.05, 3.63) is 29.3 Å². The Bertz CT molecular complexity index is 805. The van der Waals surface area contributed by atoms with Crippen LogP contribution >= 0.6 is 0 Å². The van der Waals surface area contributed by atoms with Crippen LogP contribution in [0.15, 0.2) is 18.2 Å². The number of carbonyl (C=O) groups is 5. The van der Waals surface area contributed by atoms with E-state index >= 15 is 0 Å². The number of carbonyl (C=O) groups excluding carboxylic acids is 5. The summed E-state index contributed by atoms with van der Waals surface area (Å²) in [6.07, 6.45) is 0.155. The van der Waals surface area contributed by atoms with E-state index in [0.717, 1.165) is 4.90 Å². The molecule has 9 heteroatoms. The van der Waals surface area contributed by atoms with Crippen molar-refractivity contribution in [2.24, 2.45) is 0 Å². The summed E-state index contributed by atoms with van der Waals surface area (Å²) in [7, 11) is 1.48. The Labute approximate surface area is 156 Å². The first-order chi connectivity index (χ1) is 12.9. The topological polar surface area (TPSA) is 125 Å². The van der Waals surface area contributed by atoms with E-state index in [-0.39, 0.29) is 36.4 Å². The summed E-state index contributed by atoms with van der Waals surface area (Å²) in [4.78, 5) is 61.0. The lowest BCUT2D eigenvalue weighted by atomic mass is 10.0. The molecular formula is C18H22N4O5. The lowest BCUT2D eigenvalue weighted by Crippen LogP contribution is -2.54. The number of imide groups is 2. The van der Waals surface area contributed by atoms with Crippen LogP contribution in [0.4, 0.5) is 5.69 Å². The highest BCUT2D eigenvalue weighted by molar-refractivity contribution is 6.25. The third-order valence-corrected chi connectivity index (χ3v) is 4.19. The van der Waals surface area contributed by atoms with Crippen molar-refractivity contribution < 1.29 is 24.0 Å². The summed E-state index contributed by atoms with van der Waals surface area (Å²) < 4.78 is 0. The van der Waals surface area contributed by atoms with Crippen molar-refractivity contribution in [2.45, 2.75) is 32.7 Å². The molecule has 2 aliphatic heterocycles. The molecular weight excluding hydrogens is 352 g/mol. The molecule has 5 amide bonds. The molecule has 1 saturated heterocycles. The molecule has 0 aromatic heterocycles. The van der Waals surface area contributed by atoms with Crippen molar-refractivity contribution in [1.82, 2.24) is 15.5 Å². The highest BCUT2D eigenvalue weighted by atomic mass is 16.2. The SMILES string of the molecule is CC.CNC(=O)CNc1cccc2c1C(=O)N(C1CCC(=O)NC1=O)C2=O. The first-order valence-electron chi connectivity index (χ1n) is 8.73. The average molecular weight is 374 g/mol. The van der Waals surface area contributed by atoms with Crippen LogP contribution in [-0.4, -0.2) is 54.1 Å². The van der Waals surface area contributed by atoms with E-state index < -0.39 is 29.7 Å². The molecule has 144 valence electrons. The largest absolute Gasteiger partial charge is 0.375 e. The van der Waals surface area contributed by atoms with Gasteiger partial charge in [0.15, 0.2) is 0 Å². The van der Waals surface area contributed by atoms with Crippen LogP contribution in [0.3, 0.4) is 0 Å². The number of anilines is 1. The van der Waals surface area contributed by atoms with E-state index in [4.69, 9.17) is 0 Å². The fraction of sp³-hybridized carbons (Fsp3) is 0.389. The van der Waals surface area contributed by atoms with Crippen LogP contribution in [0.25, 0.3) is 0 Å². The molecule has 27 heavy (non-hydrogen) atoms. The van der Waals surface area contributed by atoms with Gasteiger partial charge in [0.2, 0.25) is 17.7 Å². The molecule has 1 aromatic rings. The van der Waals surface area contributed by atoms with Gasteiger partial charge in [-0.25, -0.2) is 0 Å². The van der Waals surface area contributed by atoms with Crippen molar-refractivity contribution >= 4 is 35.2 Å². The van der Waals surface area contributed by atoms with Gasteiger partial charge in [-0.15, -0.1) is 0 Å². The molecule has 2 aliphatic rings. The molecule has 0 saturated carbocycles. The maximum atomic E-state index is 12.8. The standard InChI is InChI=1S/C16H16N4O5.C2H6/c1-17-12(22)7-18-9-4-2-3-8-13(9)16(25)20(15(8)24)10-5-6-11(21)19-14(10)23;1-2/h2-4,10,18H,5-7H2,1H3,(H,17,22)(H,19,21,23);1-2H3. The van der Waals surface area contributed by atoms with Crippen LogP contribution in [0, 0.1) is 0 Å². The second kappa shape index (κ2) is 8.43. The van der Waals surface area contributed by atoms with Crippen LogP contribution in [-0.2, 0) is 14.4 Å². The number of hydrogen-bond acceptors (Lipinski definition) is 6. The van der Waals surface area contributed by atoms with Crippen LogP contribution in [0.5, 0.6) is 0 Å². The number of likely N-dealkylation sites (N-methyl/N-ethyl adjacent to an activating group) is 1. The van der Waals surface area contributed by atoms with E-state index in [1.54, 1.807) is 12.1 Å². The fourth-order valence-corrected chi connectivity index (χ4v) is 2.93. The Hall–Kier alpha value is -3.23. The van der Waals surface area contributed by atoms with Crippen LogP contribution in [0.1, 0.15) is 47.4 Å². The predicted molar refractivity (Wildman–Crippen MR) is 97.0 cm³/mol. The van der Waals surface area contributed by atoms with Gasteiger partial charge in [0, 0.05) is 19.2 Å². The highest BCUT2D eigenvalue weighted by Crippen LogP contribution is 2.32. The second-order valence-corrected chi connectivity index (χ2v) is 5.70. The molecule has 1 atom stereocenters. The molecule has 9 nitrogen and oxygen atoms in total. The van der Waals surface area contributed by atoms with Gasteiger partial charge in [0.1, 0.15) is 6.04 Å². The maximum Gasteiger partial charge on any atom is 0.264 e. The van der Waals surface area contributed by atoms with Gasteiger partial charge < -0.3 is 10.6 Å². The minimum absolute atomic E-state index is 0.0611. The quantitative estimate of drug-likeness (QED) is 0.650. The third-order valence-electron chi connectivity index (χ3n) is 4.19. The number of amides is 5. The molecule has 0 radical (unpaired) electrons. The number of piperidine rings is 1. The summed E-state index contributed by atoms with van der Waals surface area (Å²) in [5.74, 6) is -2.57. The van der Waals surface area contributed by atoms with E-state index in [1.807, 2.05) is 13.8 Å². The van der Waals surface area contributed by atoms with Crippen molar-refractivity contribution in [3.8, 4) is 0 Å². The number of nitrogens with one attached hydrogen (secondary N) is 3.